The highest BCUT2D eigenvalue weighted by Gasteiger charge is 2.23. The van der Waals surface area contributed by atoms with Crippen LogP contribution in [0.4, 0.5) is 0 Å². The molecular formula is C26H35ClN2O6. The Kier molecular flexibility index (Phi) is 12.4. The molecule has 0 N–H and O–H groups in total. The number of benzene rings is 2. The smallest absolute Gasteiger partial charge is 0.341 e. The molecular weight excluding hydrogens is 472 g/mol. The van der Waals surface area contributed by atoms with E-state index in [1.807, 2.05) is 6.07 Å². The second-order valence-electron chi connectivity index (χ2n) is 8.07. The van der Waals surface area contributed by atoms with E-state index in [1.54, 1.807) is 42.5 Å². The summed E-state index contributed by atoms with van der Waals surface area (Å²) in [4.78, 5) is 27.6. The van der Waals surface area contributed by atoms with E-state index >= 15 is 0 Å². The number of rotatable bonds is 10. The van der Waals surface area contributed by atoms with Gasteiger partial charge in [-0.25, -0.2) is 9.59 Å². The molecule has 1 aliphatic heterocycles. The average molecular weight is 507 g/mol. The molecule has 1 heterocycles. The zero-order chi connectivity index (χ0) is 25.6. The Hall–Kier alpha value is -2.81. The number of nitrogens with zero attached hydrogens (tertiary/aromatic N) is 2. The van der Waals surface area contributed by atoms with Crippen molar-refractivity contribution in [3.63, 3.8) is 0 Å². The first-order chi connectivity index (χ1) is 16.9. The molecule has 0 amide bonds. The van der Waals surface area contributed by atoms with Crippen LogP contribution in [0.5, 0.6) is 11.5 Å². The van der Waals surface area contributed by atoms with Gasteiger partial charge in [0.05, 0.1) is 20.1 Å². The lowest BCUT2D eigenvalue weighted by molar-refractivity contribution is 0.0586. The summed E-state index contributed by atoms with van der Waals surface area (Å²) in [5, 5.41) is 0. The quantitative estimate of drug-likeness (QED) is 0.357. The molecule has 1 fully saturated rings. The highest BCUT2D eigenvalue weighted by atomic mass is 35.5. The number of carbonyl (C=O) groups excluding carboxylic acids is 2. The standard InChI is InChI=1S/C16H24N2O3.C10H11ClO3/c1-17(2)13-8-9-18(12-13)10-11-21-15-7-5-4-6-14(15)16(19)20-3;1-13-10(12)8-4-2-3-5-9(8)14-7-6-11/h4-7,13H,8-12H2,1-3H3;2-5H,6-7H2,1H3/t13-;/m1./s1. The van der Waals surface area contributed by atoms with Gasteiger partial charge in [-0.2, -0.15) is 0 Å². The van der Waals surface area contributed by atoms with Crippen molar-refractivity contribution in [2.45, 2.75) is 12.5 Å². The number of hydrogen-bond acceptors (Lipinski definition) is 8. The van der Waals surface area contributed by atoms with Crippen molar-refractivity contribution in [3.05, 3.63) is 59.7 Å². The average Bonchev–Trinajstić information content (AvgIpc) is 3.37. The molecule has 35 heavy (non-hydrogen) atoms. The zero-order valence-electron chi connectivity index (χ0n) is 20.9. The largest absolute Gasteiger partial charge is 0.491 e. The van der Waals surface area contributed by atoms with Crippen molar-refractivity contribution in [2.24, 2.45) is 0 Å². The first kappa shape index (κ1) is 28.4. The normalized spacial score (nSPS) is 15.2. The Morgan fingerprint density at radius 1 is 0.914 bits per heavy atom. The van der Waals surface area contributed by atoms with Gasteiger partial charge in [0.25, 0.3) is 0 Å². The van der Waals surface area contributed by atoms with E-state index in [9.17, 15) is 9.59 Å². The topological polar surface area (TPSA) is 77.5 Å². The maximum Gasteiger partial charge on any atom is 0.341 e. The summed E-state index contributed by atoms with van der Waals surface area (Å²) >= 11 is 5.48. The molecule has 1 atom stereocenters. The van der Waals surface area contributed by atoms with Crippen molar-refractivity contribution in [1.82, 2.24) is 9.80 Å². The molecule has 0 spiro atoms. The Bertz CT molecular complexity index is 940. The molecule has 9 heteroatoms. The van der Waals surface area contributed by atoms with Crippen LogP contribution < -0.4 is 9.47 Å². The Labute approximate surface area is 212 Å². The van der Waals surface area contributed by atoms with Gasteiger partial charge in [-0.1, -0.05) is 24.3 Å². The van der Waals surface area contributed by atoms with E-state index in [4.69, 9.17) is 25.8 Å². The fraction of sp³-hybridized carbons (Fsp3) is 0.462. The van der Waals surface area contributed by atoms with Crippen LogP contribution in [-0.4, -0.2) is 94.8 Å². The van der Waals surface area contributed by atoms with Crippen molar-refractivity contribution in [3.8, 4) is 11.5 Å². The molecule has 1 aliphatic rings. The predicted molar refractivity (Wildman–Crippen MR) is 136 cm³/mol. The SMILES string of the molecule is COC(=O)c1ccccc1OCCCl.COC(=O)c1ccccc1OCCN1CC[C@@H](N(C)C)C1. The molecule has 0 aliphatic carbocycles. The number of para-hydroxylation sites is 2. The van der Waals surface area contributed by atoms with Crippen LogP contribution in [0.25, 0.3) is 0 Å². The van der Waals surface area contributed by atoms with Crippen molar-refractivity contribution >= 4 is 23.5 Å². The minimum Gasteiger partial charge on any atom is -0.491 e. The summed E-state index contributed by atoms with van der Waals surface area (Å²) in [7, 11) is 6.96. The van der Waals surface area contributed by atoms with Crippen LogP contribution in [0.2, 0.25) is 0 Å². The number of methoxy groups -OCH3 is 2. The number of carbonyl (C=O) groups is 2. The number of ether oxygens (including phenoxy) is 4. The third-order valence-corrected chi connectivity index (χ3v) is 5.72. The first-order valence-electron chi connectivity index (χ1n) is 11.5. The molecule has 1 saturated heterocycles. The number of alkyl halides is 1. The maximum atomic E-state index is 11.7. The number of likely N-dealkylation sites (N-methyl/N-ethyl adjacent to an activating group) is 1. The lowest BCUT2D eigenvalue weighted by Crippen LogP contribution is -2.33. The van der Waals surface area contributed by atoms with Gasteiger partial charge in [-0.15, -0.1) is 11.6 Å². The molecule has 0 saturated carbocycles. The van der Waals surface area contributed by atoms with Gasteiger partial charge in [0.15, 0.2) is 0 Å². The Morgan fingerprint density at radius 2 is 1.43 bits per heavy atom. The number of likely N-dealkylation sites (tertiary alicyclic amines) is 1. The number of halogens is 1. The summed E-state index contributed by atoms with van der Waals surface area (Å²) in [5.74, 6) is 0.706. The molecule has 192 valence electrons. The minimum absolute atomic E-state index is 0.362. The lowest BCUT2D eigenvalue weighted by atomic mass is 10.2. The molecule has 0 unspecified atom stereocenters. The van der Waals surface area contributed by atoms with Crippen LogP contribution >= 0.6 is 11.6 Å². The van der Waals surface area contributed by atoms with Crippen LogP contribution in [0.3, 0.4) is 0 Å². The molecule has 8 nitrogen and oxygen atoms in total. The van der Waals surface area contributed by atoms with Gasteiger partial charge in [-0.05, 0) is 51.3 Å². The Morgan fingerprint density at radius 3 is 1.89 bits per heavy atom. The monoisotopic (exact) mass is 506 g/mol. The van der Waals surface area contributed by atoms with Crippen LogP contribution in [0.1, 0.15) is 27.1 Å². The van der Waals surface area contributed by atoms with Gasteiger partial charge in [0.1, 0.15) is 35.8 Å². The second kappa shape index (κ2) is 15.2. The third kappa shape index (κ3) is 9.05. The van der Waals surface area contributed by atoms with Crippen molar-refractivity contribution < 1.29 is 28.5 Å². The van der Waals surface area contributed by atoms with E-state index in [2.05, 4.69) is 28.6 Å². The molecule has 2 aromatic carbocycles. The van der Waals surface area contributed by atoms with Crippen LogP contribution in [0.15, 0.2) is 48.5 Å². The van der Waals surface area contributed by atoms with E-state index in [-0.39, 0.29) is 5.97 Å². The number of hydrogen-bond donors (Lipinski definition) is 0. The molecule has 0 radical (unpaired) electrons. The fourth-order valence-corrected chi connectivity index (χ4v) is 3.69. The van der Waals surface area contributed by atoms with Crippen LogP contribution in [-0.2, 0) is 9.47 Å². The van der Waals surface area contributed by atoms with Gasteiger partial charge in [0, 0.05) is 19.1 Å². The maximum absolute atomic E-state index is 11.7. The summed E-state index contributed by atoms with van der Waals surface area (Å²) in [5.41, 5.74) is 0.896. The molecule has 3 rings (SSSR count). The first-order valence-corrected chi connectivity index (χ1v) is 12.0. The molecule has 2 aromatic rings. The van der Waals surface area contributed by atoms with Gasteiger partial charge in [-0.3, -0.25) is 4.90 Å². The van der Waals surface area contributed by atoms with Crippen LogP contribution in [0, 0.1) is 0 Å². The van der Waals surface area contributed by atoms with E-state index in [1.165, 1.54) is 20.6 Å². The molecule has 0 bridgehead atoms. The summed E-state index contributed by atoms with van der Waals surface area (Å²) in [6, 6.07) is 14.7. The highest BCUT2D eigenvalue weighted by molar-refractivity contribution is 6.18. The van der Waals surface area contributed by atoms with E-state index in [0.29, 0.717) is 47.8 Å². The second-order valence-corrected chi connectivity index (χ2v) is 8.45. The summed E-state index contributed by atoms with van der Waals surface area (Å²) < 4.78 is 20.4. The number of esters is 2. The molecule has 0 aromatic heterocycles. The van der Waals surface area contributed by atoms with Crippen molar-refractivity contribution in [2.75, 3.05) is 67.0 Å². The highest BCUT2D eigenvalue weighted by Crippen LogP contribution is 2.20. The van der Waals surface area contributed by atoms with Gasteiger partial charge in [0.2, 0.25) is 0 Å². The zero-order valence-corrected chi connectivity index (χ0v) is 21.6. The third-order valence-electron chi connectivity index (χ3n) is 5.56. The van der Waals surface area contributed by atoms with Gasteiger partial charge >= 0.3 is 11.9 Å². The summed E-state index contributed by atoms with van der Waals surface area (Å²) in [6.07, 6.45) is 1.20. The minimum atomic E-state index is -0.407. The lowest BCUT2D eigenvalue weighted by Gasteiger charge is -2.20. The van der Waals surface area contributed by atoms with E-state index in [0.717, 1.165) is 19.6 Å². The Balaban J connectivity index is 0.000000269. The fourth-order valence-electron chi connectivity index (χ4n) is 3.61. The summed E-state index contributed by atoms with van der Waals surface area (Å²) in [6.45, 7) is 4.00. The van der Waals surface area contributed by atoms with Gasteiger partial charge < -0.3 is 23.8 Å². The predicted octanol–water partition coefficient (Wildman–Crippen LogP) is 3.58. The van der Waals surface area contributed by atoms with E-state index < -0.39 is 5.97 Å². The van der Waals surface area contributed by atoms with Crippen molar-refractivity contribution in [1.29, 1.82) is 0 Å².